The van der Waals surface area contributed by atoms with Gasteiger partial charge in [0, 0.05) is 6.04 Å². The van der Waals surface area contributed by atoms with Gasteiger partial charge in [-0.05, 0) is 46.9 Å². The van der Waals surface area contributed by atoms with E-state index >= 15 is 0 Å². The molecule has 0 aliphatic carbocycles. The molecule has 84 valence electrons. The molecule has 1 atom stereocenters. The molecule has 0 amide bonds. The van der Waals surface area contributed by atoms with Crippen LogP contribution in [0.2, 0.25) is 0 Å². The van der Waals surface area contributed by atoms with Gasteiger partial charge >= 0.3 is 0 Å². The van der Waals surface area contributed by atoms with Crippen molar-refractivity contribution in [1.29, 1.82) is 0 Å². The fourth-order valence-corrected chi connectivity index (χ4v) is 2.41. The van der Waals surface area contributed by atoms with Gasteiger partial charge in [0.15, 0.2) is 0 Å². The minimum Gasteiger partial charge on any atom is -0.327 e. The van der Waals surface area contributed by atoms with Crippen molar-refractivity contribution >= 4 is 11.3 Å². The van der Waals surface area contributed by atoms with Gasteiger partial charge in [0.1, 0.15) is 5.82 Å². The molecule has 1 aromatic heterocycles. The van der Waals surface area contributed by atoms with Crippen LogP contribution in [-0.4, -0.2) is 6.04 Å². The van der Waals surface area contributed by atoms with Crippen LogP contribution < -0.4 is 5.73 Å². The Morgan fingerprint density at radius 1 is 1.19 bits per heavy atom. The number of rotatable bonds is 4. The summed E-state index contributed by atoms with van der Waals surface area (Å²) in [5.74, 6) is -0.164. The van der Waals surface area contributed by atoms with Crippen LogP contribution in [0.4, 0.5) is 4.39 Å². The summed E-state index contributed by atoms with van der Waals surface area (Å²) in [5, 5.41) is 4.12. The number of hydrogen-bond donors (Lipinski definition) is 1. The number of benzene rings is 1. The normalized spacial score (nSPS) is 12.6. The molecule has 2 N–H and O–H groups in total. The van der Waals surface area contributed by atoms with Crippen molar-refractivity contribution in [3.8, 4) is 0 Å². The van der Waals surface area contributed by atoms with Gasteiger partial charge in [-0.2, -0.15) is 11.3 Å². The third-order valence-corrected chi connectivity index (χ3v) is 3.25. The molecular weight excluding hydrogens is 221 g/mol. The molecule has 2 rings (SSSR count). The molecule has 0 aliphatic rings. The van der Waals surface area contributed by atoms with E-state index < -0.39 is 0 Å². The van der Waals surface area contributed by atoms with Crippen LogP contribution in [-0.2, 0) is 12.8 Å². The molecule has 0 bridgehead atoms. The monoisotopic (exact) mass is 235 g/mol. The van der Waals surface area contributed by atoms with Crippen molar-refractivity contribution in [2.45, 2.75) is 18.9 Å². The van der Waals surface area contributed by atoms with E-state index in [2.05, 4.69) is 11.4 Å². The average molecular weight is 235 g/mol. The highest BCUT2D eigenvalue weighted by Gasteiger charge is 2.08. The van der Waals surface area contributed by atoms with Crippen LogP contribution in [0.25, 0.3) is 0 Å². The Morgan fingerprint density at radius 2 is 2.00 bits per heavy atom. The SMILES string of the molecule is NC(Cc1ccsc1)Cc1ccccc1F. The van der Waals surface area contributed by atoms with Crippen molar-refractivity contribution in [3.05, 3.63) is 58.0 Å². The summed E-state index contributed by atoms with van der Waals surface area (Å²) < 4.78 is 13.4. The highest BCUT2D eigenvalue weighted by Crippen LogP contribution is 2.13. The van der Waals surface area contributed by atoms with Crippen LogP contribution in [0.3, 0.4) is 0 Å². The number of halogens is 1. The van der Waals surface area contributed by atoms with Gasteiger partial charge in [-0.25, -0.2) is 4.39 Å². The van der Waals surface area contributed by atoms with E-state index in [4.69, 9.17) is 5.73 Å². The van der Waals surface area contributed by atoms with Crippen molar-refractivity contribution in [2.75, 3.05) is 0 Å². The molecule has 0 saturated heterocycles. The van der Waals surface area contributed by atoms with Gasteiger partial charge in [-0.1, -0.05) is 18.2 Å². The van der Waals surface area contributed by atoms with E-state index in [0.29, 0.717) is 12.0 Å². The lowest BCUT2D eigenvalue weighted by molar-refractivity contribution is 0.584. The van der Waals surface area contributed by atoms with E-state index in [1.54, 1.807) is 23.5 Å². The zero-order valence-corrected chi connectivity index (χ0v) is 9.71. The zero-order chi connectivity index (χ0) is 11.4. The first kappa shape index (κ1) is 11.3. The Balaban J connectivity index is 1.97. The van der Waals surface area contributed by atoms with Crippen molar-refractivity contribution in [3.63, 3.8) is 0 Å². The third kappa shape index (κ3) is 2.90. The first-order valence-corrected chi connectivity index (χ1v) is 6.20. The summed E-state index contributed by atoms with van der Waals surface area (Å²) in [7, 11) is 0. The van der Waals surface area contributed by atoms with Gasteiger partial charge in [0.25, 0.3) is 0 Å². The van der Waals surface area contributed by atoms with Crippen molar-refractivity contribution in [2.24, 2.45) is 5.73 Å². The molecule has 1 unspecified atom stereocenters. The van der Waals surface area contributed by atoms with E-state index in [9.17, 15) is 4.39 Å². The number of hydrogen-bond acceptors (Lipinski definition) is 2. The maximum absolute atomic E-state index is 13.4. The second-order valence-corrected chi connectivity index (χ2v) is 4.67. The van der Waals surface area contributed by atoms with Crippen LogP contribution in [0.15, 0.2) is 41.1 Å². The molecule has 0 aliphatic heterocycles. The Morgan fingerprint density at radius 3 is 2.69 bits per heavy atom. The zero-order valence-electron chi connectivity index (χ0n) is 8.90. The predicted octanol–water partition coefficient (Wildman–Crippen LogP) is 3.00. The van der Waals surface area contributed by atoms with E-state index in [1.807, 2.05) is 11.4 Å². The fraction of sp³-hybridized carbons (Fsp3) is 0.231. The number of thiophene rings is 1. The first-order chi connectivity index (χ1) is 7.75. The van der Waals surface area contributed by atoms with Gasteiger partial charge in [-0.15, -0.1) is 0 Å². The Bertz CT molecular complexity index is 439. The molecular formula is C13H14FNS. The molecule has 16 heavy (non-hydrogen) atoms. The van der Waals surface area contributed by atoms with E-state index in [0.717, 1.165) is 6.42 Å². The van der Waals surface area contributed by atoms with Crippen LogP contribution >= 0.6 is 11.3 Å². The summed E-state index contributed by atoms with van der Waals surface area (Å²) in [5.41, 5.74) is 7.93. The summed E-state index contributed by atoms with van der Waals surface area (Å²) in [4.78, 5) is 0. The van der Waals surface area contributed by atoms with Crippen molar-refractivity contribution < 1.29 is 4.39 Å². The summed E-state index contributed by atoms with van der Waals surface area (Å²) in [6.45, 7) is 0. The quantitative estimate of drug-likeness (QED) is 0.866. The summed E-state index contributed by atoms with van der Waals surface area (Å²) >= 11 is 1.66. The maximum atomic E-state index is 13.4. The largest absolute Gasteiger partial charge is 0.327 e. The smallest absolute Gasteiger partial charge is 0.126 e. The summed E-state index contributed by atoms with van der Waals surface area (Å²) in [6, 6.07) is 8.85. The second kappa shape index (κ2) is 5.23. The Kier molecular flexibility index (Phi) is 3.70. The van der Waals surface area contributed by atoms with Crippen LogP contribution in [0, 0.1) is 5.82 Å². The van der Waals surface area contributed by atoms with Crippen LogP contribution in [0.1, 0.15) is 11.1 Å². The highest BCUT2D eigenvalue weighted by molar-refractivity contribution is 7.07. The Hall–Kier alpha value is -1.19. The van der Waals surface area contributed by atoms with Crippen molar-refractivity contribution in [1.82, 2.24) is 0 Å². The molecule has 0 spiro atoms. The molecule has 1 heterocycles. The molecule has 3 heteroatoms. The molecule has 2 aromatic rings. The van der Waals surface area contributed by atoms with E-state index in [-0.39, 0.29) is 11.9 Å². The summed E-state index contributed by atoms with van der Waals surface area (Å²) in [6.07, 6.45) is 1.39. The third-order valence-electron chi connectivity index (χ3n) is 2.52. The second-order valence-electron chi connectivity index (χ2n) is 3.89. The first-order valence-electron chi connectivity index (χ1n) is 5.26. The van der Waals surface area contributed by atoms with Gasteiger partial charge < -0.3 is 5.73 Å². The minimum absolute atomic E-state index is 0.0218. The highest BCUT2D eigenvalue weighted by atomic mass is 32.1. The predicted molar refractivity (Wildman–Crippen MR) is 66.1 cm³/mol. The van der Waals surface area contributed by atoms with Gasteiger partial charge in [0.05, 0.1) is 0 Å². The lowest BCUT2D eigenvalue weighted by Gasteiger charge is -2.11. The van der Waals surface area contributed by atoms with Crippen LogP contribution in [0.5, 0.6) is 0 Å². The average Bonchev–Trinajstić information content (AvgIpc) is 2.74. The lowest BCUT2D eigenvalue weighted by atomic mass is 10.0. The van der Waals surface area contributed by atoms with E-state index in [1.165, 1.54) is 11.6 Å². The standard InChI is InChI=1S/C13H14FNS/c14-13-4-2-1-3-11(13)8-12(15)7-10-5-6-16-9-10/h1-6,9,12H,7-8,15H2. The Labute approximate surface area is 98.7 Å². The molecule has 0 saturated carbocycles. The maximum Gasteiger partial charge on any atom is 0.126 e. The van der Waals surface area contributed by atoms with Gasteiger partial charge in [-0.3, -0.25) is 0 Å². The topological polar surface area (TPSA) is 26.0 Å². The minimum atomic E-state index is -0.164. The molecule has 0 fully saturated rings. The lowest BCUT2D eigenvalue weighted by Crippen LogP contribution is -2.25. The fourth-order valence-electron chi connectivity index (χ4n) is 1.73. The number of nitrogens with two attached hydrogens (primary N) is 1. The molecule has 0 radical (unpaired) electrons. The molecule has 1 nitrogen and oxygen atoms in total. The molecule has 1 aromatic carbocycles. The van der Waals surface area contributed by atoms with Gasteiger partial charge in [0.2, 0.25) is 0 Å².